The summed E-state index contributed by atoms with van der Waals surface area (Å²) in [5, 5.41) is 12.1. The molecule has 0 spiro atoms. The second-order valence-electron chi connectivity index (χ2n) is 5.72. The molecule has 1 amide bonds. The third-order valence-corrected chi connectivity index (χ3v) is 3.80. The van der Waals surface area contributed by atoms with Crippen molar-refractivity contribution in [3.05, 3.63) is 83.7 Å². The molecular formula is C20H17N5O. The van der Waals surface area contributed by atoms with Crippen LogP contribution in [0, 0.1) is 11.3 Å². The Hall–Kier alpha value is -3.72. The highest BCUT2D eigenvalue weighted by Crippen LogP contribution is 2.17. The van der Waals surface area contributed by atoms with E-state index in [2.05, 4.69) is 21.4 Å². The number of hydrogen-bond acceptors (Lipinski definition) is 5. The molecule has 128 valence electrons. The van der Waals surface area contributed by atoms with E-state index in [1.807, 2.05) is 36.4 Å². The Morgan fingerprint density at radius 1 is 1.08 bits per heavy atom. The molecule has 0 atom stereocenters. The summed E-state index contributed by atoms with van der Waals surface area (Å²) in [6.07, 6.45) is 2.96. The lowest BCUT2D eigenvalue weighted by Gasteiger charge is -2.17. The van der Waals surface area contributed by atoms with E-state index in [9.17, 15) is 4.79 Å². The number of carbonyl (C=O) groups is 1. The number of anilines is 2. The van der Waals surface area contributed by atoms with Crippen LogP contribution in [0.3, 0.4) is 0 Å². The molecule has 0 aliphatic rings. The van der Waals surface area contributed by atoms with Crippen LogP contribution in [0.5, 0.6) is 0 Å². The van der Waals surface area contributed by atoms with Gasteiger partial charge < -0.3 is 10.2 Å². The van der Waals surface area contributed by atoms with E-state index in [1.165, 1.54) is 12.4 Å². The molecule has 26 heavy (non-hydrogen) atoms. The minimum absolute atomic E-state index is 0.155. The maximum absolute atomic E-state index is 12.5. The third kappa shape index (κ3) is 4.02. The summed E-state index contributed by atoms with van der Waals surface area (Å²) in [5.41, 5.74) is 2.58. The summed E-state index contributed by atoms with van der Waals surface area (Å²) in [7, 11) is 1.74. The average molecular weight is 343 g/mol. The number of nitrogens with one attached hydrogen (secondary N) is 1. The molecule has 0 saturated carbocycles. The first-order chi connectivity index (χ1) is 12.7. The van der Waals surface area contributed by atoms with Crippen molar-refractivity contribution in [3.63, 3.8) is 0 Å². The minimum Gasteiger partial charge on any atom is -0.337 e. The van der Waals surface area contributed by atoms with Crippen molar-refractivity contribution < 1.29 is 4.79 Å². The monoisotopic (exact) mass is 343 g/mol. The number of carbonyl (C=O) groups excluding carboxylic acids is 1. The zero-order chi connectivity index (χ0) is 18.4. The van der Waals surface area contributed by atoms with Crippen LogP contribution < -0.4 is 5.32 Å². The van der Waals surface area contributed by atoms with E-state index in [-0.39, 0.29) is 5.91 Å². The maximum atomic E-state index is 12.5. The van der Waals surface area contributed by atoms with Gasteiger partial charge in [0.25, 0.3) is 5.91 Å². The molecule has 0 bridgehead atoms. The highest BCUT2D eigenvalue weighted by Gasteiger charge is 2.13. The summed E-state index contributed by atoms with van der Waals surface area (Å²) in [4.78, 5) is 22.5. The first-order valence-corrected chi connectivity index (χ1v) is 8.05. The minimum atomic E-state index is -0.155. The average Bonchev–Trinajstić information content (AvgIpc) is 2.69. The van der Waals surface area contributed by atoms with Crippen molar-refractivity contribution in [1.82, 2.24) is 14.9 Å². The van der Waals surface area contributed by atoms with Gasteiger partial charge in [0, 0.05) is 26.0 Å². The quantitative estimate of drug-likeness (QED) is 0.768. The van der Waals surface area contributed by atoms with Gasteiger partial charge in [0.2, 0.25) is 5.95 Å². The fourth-order valence-corrected chi connectivity index (χ4v) is 2.46. The van der Waals surface area contributed by atoms with Crippen LogP contribution in [0.15, 0.2) is 67.0 Å². The molecule has 1 N–H and O–H groups in total. The molecule has 3 aromatic rings. The Kier molecular flexibility index (Phi) is 5.20. The number of hydrogen-bond donors (Lipinski definition) is 1. The van der Waals surface area contributed by atoms with Gasteiger partial charge >= 0.3 is 0 Å². The zero-order valence-corrected chi connectivity index (χ0v) is 14.3. The number of para-hydroxylation sites is 1. The summed E-state index contributed by atoms with van der Waals surface area (Å²) >= 11 is 0. The Labute approximate surface area is 151 Å². The van der Waals surface area contributed by atoms with Crippen LogP contribution >= 0.6 is 0 Å². The Balaban J connectivity index is 1.69. The number of amides is 1. The van der Waals surface area contributed by atoms with Crippen LogP contribution in [-0.2, 0) is 6.54 Å². The first kappa shape index (κ1) is 17.1. The van der Waals surface area contributed by atoms with Gasteiger partial charge in [0.05, 0.1) is 16.8 Å². The van der Waals surface area contributed by atoms with Crippen molar-refractivity contribution in [2.75, 3.05) is 12.4 Å². The third-order valence-electron chi connectivity index (χ3n) is 3.80. The normalized spacial score (nSPS) is 10.0. The van der Waals surface area contributed by atoms with Crippen LogP contribution in [0.2, 0.25) is 0 Å². The predicted octanol–water partition coefficient (Wildman–Crippen LogP) is 3.36. The highest BCUT2D eigenvalue weighted by atomic mass is 16.2. The molecule has 0 fully saturated rings. The van der Waals surface area contributed by atoms with Crippen molar-refractivity contribution >= 4 is 17.5 Å². The van der Waals surface area contributed by atoms with Crippen molar-refractivity contribution in [1.29, 1.82) is 5.26 Å². The van der Waals surface area contributed by atoms with E-state index >= 15 is 0 Å². The van der Waals surface area contributed by atoms with E-state index in [4.69, 9.17) is 5.26 Å². The van der Waals surface area contributed by atoms with Gasteiger partial charge in [-0.25, -0.2) is 9.97 Å². The van der Waals surface area contributed by atoms with Gasteiger partial charge in [-0.05, 0) is 17.7 Å². The molecule has 2 aromatic carbocycles. The van der Waals surface area contributed by atoms with Crippen molar-refractivity contribution in [3.8, 4) is 6.07 Å². The molecule has 1 aromatic heterocycles. The molecule has 6 heteroatoms. The lowest BCUT2D eigenvalue weighted by atomic mass is 10.2. The van der Waals surface area contributed by atoms with Crippen LogP contribution in [-0.4, -0.2) is 27.8 Å². The molecule has 0 aliphatic carbocycles. The number of nitriles is 1. The molecule has 3 rings (SSSR count). The van der Waals surface area contributed by atoms with E-state index in [0.717, 1.165) is 5.56 Å². The Morgan fingerprint density at radius 2 is 1.73 bits per heavy atom. The molecule has 0 unspecified atom stereocenters. The van der Waals surface area contributed by atoms with Crippen molar-refractivity contribution in [2.45, 2.75) is 6.54 Å². The molecule has 0 aliphatic heterocycles. The van der Waals surface area contributed by atoms with E-state index in [1.54, 1.807) is 30.1 Å². The standard InChI is InChI=1S/C20H17N5O/c1-25(14-15-7-3-2-4-8-15)19(26)17-12-22-20(23-13-17)24-18-10-6-5-9-16(18)11-21/h2-10,12-13H,14H2,1H3,(H,22,23,24). The van der Waals surface area contributed by atoms with Crippen LogP contribution in [0.4, 0.5) is 11.6 Å². The van der Waals surface area contributed by atoms with Gasteiger partial charge in [-0.1, -0.05) is 42.5 Å². The molecular weight excluding hydrogens is 326 g/mol. The number of nitrogens with zero attached hydrogens (tertiary/aromatic N) is 4. The van der Waals surface area contributed by atoms with Gasteiger partial charge in [-0.2, -0.15) is 5.26 Å². The number of benzene rings is 2. The summed E-state index contributed by atoms with van der Waals surface area (Å²) in [6.45, 7) is 0.509. The second kappa shape index (κ2) is 7.90. The molecule has 6 nitrogen and oxygen atoms in total. The highest BCUT2D eigenvalue weighted by molar-refractivity contribution is 5.93. The summed E-state index contributed by atoms with van der Waals surface area (Å²) in [5.74, 6) is 0.174. The maximum Gasteiger partial charge on any atom is 0.257 e. The SMILES string of the molecule is CN(Cc1ccccc1)C(=O)c1cnc(Nc2ccccc2C#N)nc1. The lowest BCUT2D eigenvalue weighted by Crippen LogP contribution is -2.26. The topological polar surface area (TPSA) is 81.9 Å². The fraction of sp³-hybridized carbons (Fsp3) is 0.100. The van der Waals surface area contributed by atoms with Crippen LogP contribution in [0.25, 0.3) is 0 Å². The number of aromatic nitrogens is 2. The lowest BCUT2D eigenvalue weighted by molar-refractivity contribution is 0.0784. The van der Waals surface area contributed by atoms with Crippen LogP contribution in [0.1, 0.15) is 21.5 Å². The molecule has 1 heterocycles. The summed E-state index contributed by atoms with van der Waals surface area (Å²) < 4.78 is 0. The summed E-state index contributed by atoms with van der Waals surface area (Å²) in [6, 6.07) is 19.0. The fourth-order valence-electron chi connectivity index (χ4n) is 2.46. The second-order valence-corrected chi connectivity index (χ2v) is 5.72. The Bertz CT molecular complexity index is 932. The van der Waals surface area contributed by atoms with E-state index in [0.29, 0.717) is 29.3 Å². The largest absolute Gasteiger partial charge is 0.337 e. The van der Waals surface area contributed by atoms with Gasteiger partial charge in [0.15, 0.2) is 0 Å². The molecule has 0 radical (unpaired) electrons. The molecule has 0 saturated heterocycles. The Morgan fingerprint density at radius 3 is 2.42 bits per heavy atom. The number of rotatable bonds is 5. The van der Waals surface area contributed by atoms with Gasteiger partial charge in [-0.3, -0.25) is 4.79 Å². The van der Waals surface area contributed by atoms with E-state index < -0.39 is 0 Å². The van der Waals surface area contributed by atoms with Crippen molar-refractivity contribution in [2.24, 2.45) is 0 Å². The smallest absolute Gasteiger partial charge is 0.257 e. The van der Waals surface area contributed by atoms with Gasteiger partial charge in [-0.15, -0.1) is 0 Å². The first-order valence-electron chi connectivity index (χ1n) is 8.05. The zero-order valence-electron chi connectivity index (χ0n) is 14.3. The van der Waals surface area contributed by atoms with Gasteiger partial charge in [0.1, 0.15) is 6.07 Å². The predicted molar refractivity (Wildman–Crippen MR) is 98.7 cm³/mol.